The van der Waals surface area contributed by atoms with Gasteiger partial charge in [-0.15, -0.1) is 0 Å². The summed E-state index contributed by atoms with van der Waals surface area (Å²) in [5.74, 6) is -0.599. The van der Waals surface area contributed by atoms with Gasteiger partial charge in [-0.2, -0.15) is 0 Å². The molecule has 0 aliphatic carbocycles. The summed E-state index contributed by atoms with van der Waals surface area (Å²) >= 11 is 0. The van der Waals surface area contributed by atoms with Crippen LogP contribution in [-0.2, 0) is 19.1 Å². The molecule has 0 radical (unpaired) electrons. The van der Waals surface area contributed by atoms with Crippen LogP contribution in [0.2, 0.25) is 0 Å². The van der Waals surface area contributed by atoms with Crippen LogP contribution in [0.25, 0.3) is 0 Å². The van der Waals surface area contributed by atoms with Crippen molar-refractivity contribution >= 4 is 11.8 Å². The first kappa shape index (κ1) is 23.8. The molecule has 0 fully saturated rings. The number of hydrogen-bond acceptors (Lipinski definition) is 6. The second-order valence-corrected chi connectivity index (χ2v) is 5.70. The fraction of sp³-hybridized carbons (Fsp3) is 0.882. The zero-order valence-corrected chi connectivity index (χ0v) is 15.5. The molecule has 25 heavy (non-hydrogen) atoms. The van der Waals surface area contributed by atoms with Gasteiger partial charge in [-0.05, 0) is 19.3 Å². The van der Waals surface area contributed by atoms with Crippen molar-refractivity contribution in [2.45, 2.75) is 33.1 Å². The second kappa shape index (κ2) is 16.3. The topological polar surface area (TPSA) is 117 Å². The molecule has 0 spiro atoms. The molecule has 8 nitrogen and oxygen atoms in total. The van der Waals surface area contributed by atoms with Crippen molar-refractivity contribution in [1.82, 2.24) is 10.6 Å². The zero-order chi connectivity index (χ0) is 18.9. The van der Waals surface area contributed by atoms with Gasteiger partial charge < -0.3 is 30.3 Å². The van der Waals surface area contributed by atoms with E-state index >= 15 is 0 Å². The molecule has 2 amide bonds. The Kier molecular flexibility index (Phi) is 15.5. The Hall–Kier alpha value is -1.22. The standard InChI is InChI=1S/C17H34N2O6/c1-3-14(16(22)18-5-9-24-11-7-20)13-15(4-2)17(23)19-6-10-25-12-8-21/h14-15,20-21H,3-13H2,1-2H3,(H,18,22)(H,19,23). The smallest absolute Gasteiger partial charge is 0.223 e. The van der Waals surface area contributed by atoms with Gasteiger partial charge in [-0.25, -0.2) is 0 Å². The van der Waals surface area contributed by atoms with Crippen molar-refractivity contribution in [3.8, 4) is 0 Å². The Bertz CT molecular complexity index is 322. The first-order chi connectivity index (χ1) is 12.1. The molecule has 0 rings (SSSR count). The quantitative estimate of drug-likeness (QED) is 0.280. The maximum absolute atomic E-state index is 12.2. The summed E-state index contributed by atoms with van der Waals surface area (Å²) in [4.78, 5) is 24.4. The van der Waals surface area contributed by atoms with Gasteiger partial charge in [-0.1, -0.05) is 13.8 Å². The SMILES string of the molecule is CCC(CC(CC)C(=O)NCCOCCO)C(=O)NCCOCCO. The molecule has 0 aliphatic rings. The summed E-state index contributed by atoms with van der Waals surface area (Å²) < 4.78 is 10.2. The van der Waals surface area contributed by atoms with E-state index in [1.54, 1.807) is 0 Å². The van der Waals surface area contributed by atoms with Gasteiger partial charge in [0.2, 0.25) is 11.8 Å². The predicted molar refractivity (Wildman–Crippen MR) is 94.0 cm³/mol. The third-order valence-corrected chi connectivity index (χ3v) is 3.86. The third-order valence-electron chi connectivity index (χ3n) is 3.86. The van der Waals surface area contributed by atoms with Crippen LogP contribution in [0, 0.1) is 11.8 Å². The molecular weight excluding hydrogens is 328 g/mol. The van der Waals surface area contributed by atoms with Gasteiger partial charge >= 0.3 is 0 Å². The lowest BCUT2D eigenvalue weighted by Gasteiger charge is -2.21. The van der Waals surface area contributed by atoms with E-state index in [9.17, 15) is 9.59 Å². The Labute approximate surface area is 150 Å². The van der Waals surface area contributed by atoms with Crippen molar-refractivity contribution < 1.29 is 29.3 Å². The minimum atomic E-state index is -0.223. The van der Waals surface area contributed by atoms with E-state index in [2.05, 4.69) is 10.6 Å². The normalized spacial score (nSPS) is 13.3. The lowest BCUT2D eigenvalue weighted by Crippen LogP contribution is -2.38. The van der Waals surface area contributed by atoms with Gasteiger partial charge in [0.05, 0.1) is 39.6 Å². The highest BCUT2D eigenvalue weighted by molar-refractivity contribution is 5.81. The van der Waals surface area contributed by atoms with Gasteiger partial charge in [0, 0.05) is 24.9 Å². The van der Waals surface area contributed by atoms with Crippen LogP contribution >= 0.6 is 0 Å². The summed E-state index contributed by atoms with van der Waals surface area (Å²) in [6.07, 6.45) is 1.82. The number of nitrogens with one attached hydrogen (secondary N) is 2. The first-order valence-corrected chi connectivity index (χ1v) is 9.03. The lowest BCUT2D eigenvalue weighted by molar-refractivity contribution is -0.128. The molecule has 4 N–H and O–H groups in total. The lowest BCUT2D eigenvalue weighted by atomic mass is 9.89. The maximum atomic E-state index is 12.2. The van der Waals surface area contributed by atoms with E-state index in [1.807, 2.05) is 13.8 Å². The molecule has 0 aromatic heterocycles. The molecule has 0 aliphatic heterocycles. The van der Waals surface area contributed by atoms with E-state index in [0.29, 0.717) is 45.6 Å². The zero-order valence-electron chi connectivity index (χ0n) is 15.5. The fourth-order valence-corrected chi connectivity index (χ4v) is 2.38. The van der Waals surface area contributed by atoms with Crippen LogP contribution in [0.1, 0.15) is 33.1 Å². The number of amides is 2. The van der Waals surface area contributed by atoms with Crippen LogP contribution < -0.4 is 10.6 Å². The molecule has 0 aromatic carbocycles. The Balaban J connectivity index is 4.20. The average Bonchev–Trinajstić information content (AvgIpc) is 2.62. The van der Waals surface area contributed by atoms with E-state index in [0.717, 1.165) is 0 Å². The molecule has 0 heterocycles. The van der Waals surface area contributed by atoms with Crippen molar-refractivity contribution in [3.63, 3.8) is 0 Å². The number of carbonyl (C=O) groups is 2. The van der Waals surface area contributed by atoms with Gasteiger partial charge in [0.1, 0.15) is 0 Å². The molecular formula is C17H34N2O6. The van der Waals surface area contributed by atoms with Crippen LogP contribution in [0.3, 0.4) is 0 Å². The van der Waals surface area contributed by atoms with Crippen molar-refractivity contribution in [2.24, 2.45) is 11.8 Å². The number of ether oxygens (including phenoxy) is 2. The molecule has 0 aromatic rings. The minimum Gasteiger partial charge on any atom is -0.394 e. The van der Waals surface area contributed by atoms with Gasteiger partial charge in [0.25, 0.3) is 0 Å². The van der Waals surface area contributed by atoms with E-state index in [1.165, 1.54) is 0 Å². The summed E-state index contributed by atoms with van der Waals surface area (Å²) in [5.41, 5.74) is 0. The number of aliphatic hydroxyl groups excluding tert-OH is 2. The van der Waals surface area contributed by atoms with Crippen molar-refractivity contribution in [2.75, 3.05) is 52.7 Å². The number of carbonyl (C=O) groups excluding carboxylic acids is 2. The maximum Gasteiger partial charge on any atom is 0.223 e. The first-order valence-electron chi connectivity index (χ1n) is 9.03. The monoisotopic (exact) mass is 362 g/mol. The largest absolute Gasteiger partial charge is 0.394 e. The second-order valence-electron chi connectivity index (χ2n) is 5.70. The average molecular weight is 362 g/mol. The summed E-state index contributed by atoms with van der Waals surface area (Å²) in [7, 11) is 0. The summed E-state index contributed by atoms with van der Waals surface area (Å²) in [5, 5.41) is 22.8. The number of aliphatic hydroxyl groups is 2. The van der Waals surface area contributed by atoms with Crippen LogP contribution in [0.5, 0.6) is 0 Å². The Morgan fingerprint density at radius 2 is 1.20 bits per heavy atom. The molecule has 0 bridgehead atoms. The molecule has 2 atom stereocenters. The molecule has 8 heteroatoms. The fourth-order valence-electron chi connectivity index (χ4n) is 2.38. The van der Waals surface area contributed by atoms with Crippen LogP contribution in [-0.4, -0.2) is 74.8 Å². The molecule has 0 saturated carbocycles. The summed E-state index contributed by atoms with van der Waals surface area (Å²) in [6.45, 7) is 5.79. The molecule has 148 valence electrons. The van der Waals surface area contributed by atoms with Crippen molar-refractivity contribution in [1.29, 1.82) is 0 Å². The molecule has 2 unspecified atom stereocenters. The predicted octanol–water partition coefficient (Wildman–Crippen LogP) is -0.321. The van der Waals surface area contributed by atoms with E-state index in [-0.39, 0.29) is 50.1 Å². The highest BCUT2D eigenvalue weighted by atomic mass is 16.5. The Morgan fingerprint density at radius 1 is 0.800 bits per heavy atom. The van der Waals surface area contributed by atoms with Crippen LogP contribution in [0.4, 0.5) is 0 Å². The summed E-state index contributed by atoms with van der Waals surface area (Å²) in [6, 6.07) is 0. The third kappa shape index (κ3) is 11.9. The number of hydrogen-bond donors (Lipinski definition) is 4. The highest BCUT2D eigenvalue weighted by Crippen LogP contribution is 2.19. The minimum absolute atomic E-state index is 0.0378. The van der Waals surface area contributed by atoms with Gasteiger partial charge in [0.15, 0.2) is 0 Å². The van der Waals surface area contributed by atoms with E-state index in [4.69, 9.17) is 19.7 Å². The molecule has 0 saturated heterocycles. The van der Waals surface area contributed by atoms with Gasteiger partial charge in [-0.3, -0.25) is 9.59 Å². The Morgan fingerprint density at radius 3 is 1.52 bits per heavy atom. The van der Waals surface area contributed by atoms with E-state index < -0.39 is 0 Å². The van der Waals surface area contributed by atoms with Crippen molar-refractivity contribution in [3.05, 3.63) is 0 Å². The van der Waals surface area contributed by atoms with Crippen LogP contribution in [0.15, 0.2) is 0 Å². The number of rotatable bonds is 16. The highest BCUT2D eigenvalue weighted by Gasteiger charge is 2.24.